The summed E-state index contributed by atoms with van der Waals surface area (Å²) in [5.41, 5.74) is 18.6. The number of para-hydroxylation sites is 3. The molecule has 2 atom stereocenters. The molecule has 312 valence electrons. The number of benzene rings is 8. The quantitative estimate of drug-likeness (QED) is 0.135. The zero-order valence-corrected chi connectivity index (χ0v) is 37.3. The van der Waals surface area contributed by atoms with Crippen LogP contribution in [-0.4, -0.2) is 18.7 Å². The van der Waals surface area contributed by atoms with Gasteiger partial charge in [0.25, 0.3) is 0 Å². The molecule has 0 radical (unpaired) electrons. The number of imidazole rings is 1. The molecule has 0 bridgehead atoms. The average Bonchev–Trinajstić information content (AvgIpc) is 4.03. The van der Waals surface area contributed by atoms with Crippen molar-refractivity contribution >= 4 is 43.6 Å². The molecule has 4 heteroatoms. The van der Waals surface area contributed by atoms with Gasteiger partial charge in [-0.25, -0.2) is 4.98 Å². The molecular weight excluding hydrogens is 777 g/mol. The van der Waals surface area contributed by atoms with Gasteiger partial charge in [-0.3, -0.25) is 4.57 Å². The molecule has 0 saturated carbocycles. The standard InChI is InChI=1S/C60H52N4/c1-6-43(44-19-21-47(22-20-44)60-61-33-34-62(60)59-41(4)35-39(2)36-42(59)5)37-40(3)48-27-32-58-54(38-48)53-15-9-12-18-57(53)64(58)50-30-25-46(26-31-50)45-23-28-49(29-24-45)63-55-16-10-7-13-51(55)52-14-8-11-17-56(52)63/h7-36,38,40,43H,6,37H2,1-5H3. The fourth-order valence-electron chi connectivity index (χ4n) is 10.6. The Bertz CT molecular complexity index is 3410. The number of aryl methyl sites for hydroxylation is 3. The summed E-state index contributed by atoms with van der Waals surface area (Å²) in [5.74, 6) is 1.82. The van der Waals surface area contributed by atoms with Crippen LogP contribution in [0.15, 0.2) is 188 Å². The summed E-state index contributed by atoms with van der Waals surface area (Å²) in [7, 11) is 0. The average molecular weight is 829 g/mol. The third kappa shape index (κ3) is 6.73. The highest BCUT2D eigenvalue weighted by Gasteiger charge is 2.20. The van der Waals surface area contributed by atoms with Crippen molar-refractivity contribution in [3.05, 3.63) is 216 Å². The molecular formula is C60H52N4. The van der Waals surface area contributed by atoms with E-state index in [0.29, 0.717) is 11.8 Å². The van der Waals surface area contributed by atoms with Gasteiger partial charge < -0.3 is 9.13 Å². The lowest BCUT2D eigenvalue weighted by Crippen LogP contribution is -2.05. The fourth-order valence-corrected chi connectivity index (χ4v) is 10.6. The van der Waals surface area contributed by atoms with Crippen LogP contribution in [0.2, 0.25) is 0 Å². The highest BCUT2D eigenvalue weighted by Crippen LogP contribution is 2.39. The van der Waals surface area contributed by atoms with E-state index < -0.39 is 0 Å². The van der Waals surface area contributed by atoms with Gasteiger partial charge in [0, 0.05) is 50.9 Å². The third-order valence-corrected chi connectivity index (χ3v) is 13.7. The first-order valence-corrected chi connectivity index (χ1v) is 22.8. The second-order valence-corrected chi connectivity index (χ2v) is 17.8. The van der Waals surface area contributed by atoms with Gasteiger partial charge in [0.05, 0.1) is 27.8 Å². The predicted molar refractivity (Wildman–Crippen MR) is 270 cm³/mol. The van der Waals surface area contributed by atoms with Gasteiger partial charge in [0.1, 0.15) is 5.82 Å². The van der Waals surface area contributed by atoms with Gasteiger partial charge in [-0.15, -0.1) is 0 Å². The molecule has 0 spiro atoms. The molecule has 3 aromatic heterocycles. The lowest BCUT2D eigenvalue weighted by atomic mass is 9.84. The molecule has 8 aromatic carbocycles. The van der Waals surface area contributed by atoms with E-state index >= 15 is 0 Å². The maximum Gasteiger partial charge on any atom is 0.144 e. The molecule has 3 heterocycles. The Morgan fingerprint density at radius 1 is 0.484 bits per heavy atom. The van der Waals surface area contributed by atoms with E-state index in [1.54, 1.807) is 0 Å². The highest BCUT2D eigenvalue weighted by atomic mass is 15.1. The van der Waals surface area contributed by atoms with Crippen LogP contribution < -0.4 is 0 Å². The van der Waals surface area contributed by atoms with Crippen molar-refractivity contribution in [3.8, 4) is 39.6 Å². The molecule has 0 aliphatic rings. The van der Waals surface area contributed by atoms with E-state index in [9.17, 15) is 0 Å². The Balaban J connectivity index is 0.845. The van der Waals surface area contributed by atoms with Gasteiger partial charge in [0.2, 0.25) is 0 Å². The summed E-state index contributed by atoms with van der Waals surface area (Å²) in [6, 6.07) is 65.1. The molecule has 2 unspecified atom stereocenters. The third-order valence-electron chi connectivity index (χ3n) is 13.7. The summed E-state index contributed by atoms with van der Waals surface area (Å²) in [6.45, 7) is 11.3. The van der Waals surface area contributed by atoms with Crippen molar-refractivity contribution < 1.29 is 0 Å². The summed E-state index contributed by atoms with van der Waals surface area (Å²) in [6.07, 6.45) is 6.17. The molecule has 0 saturated heterocycles. The minimum Gasteiger partial charge on any atom is -0.309 e. The number of fused-ring (bicyclic) bond motifs is 6. The molecule has 0 fully saturated rings. The summed E-state index contributed by atoms with van der Waals surface area (Å²) < 4.78 is 7.05. The van der Waals surface area contributed by atoms with E-state index in [4.69, 9.17) is 4.98 Å². The molecule has 11 rings (SSSR count). The van der Waals surface area contributed by atoms with Gasteiger partial charge in [-0.05, 0) is 133 Å². The van der Waals surface area contributed by atoms with Gasteiger partial charge >= 0.3 is 0 Å². The van der Waals surface area contributed by atoms with E-state index in [1.165, 1.54) is 99.6 Å². The van der Waals surface area contributed by atoms with Crippen LogP contribution in [0.3, 0.4) is 0 Å². The largest absolute Gasteiger partial charge is 0.309 e. The van der Waals surface area contributed by atoms with Crippen molar-refractivity contribution in [2.24, 2.45) is 0 Å². The fraction of sp³-hybridized carbons (Fsp3) is 0.150. The number of rotatable bonds is 10. The van der Waals surface area contributed by atoms with E-state index in [0.717, 1.165) is 24.2 Å². The molecule has 0 aliphatic carbocycles. The van der Waals surface area contributed by atoms with Crippen molar-refractivity contribution in [3.63, 3.8) is 0 Å². The van der Waals surface area contributed by atoms with Crippen molar-refractivity contribution in [2.75, 3.05) is 0 Å². The van der Waals surface area contributed by atoms with E-state index in [2.05, 4.69) is 230 Å². The second kappa shape index (κ2) is 16.0. The summed E-state index contributed by atoms with van der Waals surface area (Å²) in [5, 5.41) is 5.15. The first-order valence-electron chi connectivity index (χ1n) is 22.8. The Kier molecular flexibility index (Phi) is 9.88. The Labute approximate surface area is 375 Å². The molecule has 64 heavy (non-hydrogen) atoms. The zero-order chi connectivity index (χ0) is 43.5. The van der Waals surface area contributed by atoms with Crippen molar-refractivity contribution in [1.82, 2.24) is 18.7 Å². The lowest BCUT2D eigenvalue weighted by molar-refractivity contribution is 0.545. The Morgan fingerprint density at radius 2 is 0.953 bits per heavy atom. The predicted octanol–water partition coefficient (Wildman–Crippen LogP) is 16.0. The minimum atomic E-state index is 0.392. The molecule has 0 amide bonds. The first kappa shape index (κ1) is 39.4. The normalized spacial score (nSPS) is 12.8. The maximum atomic E-state index is 4.82. The van der Waals surface area contributed by atoms with Crippen LogP contribution in [0.25, 0.3) is 83.2 Å². The number of hydrogen-bond donors (Lipinski definition) is 0. The van der Waals surface area contributed by atoms with Crippen LogP contribution >= 0.6 is 0 Å². The number of aromatic nitrogens is 4. The minimum absolute atomic E-state index is 0.392. The summed E-state index contributed by atoms with van der Waals surface area (Å²) in [4.78, 5) is 4.82. The van der Waals surface area contributed by atoms with Crippen LogP contribution in [0.5, 0.6) is 0 Å². The van der Waals surface area contributed by atoms with Crippen LogP contribution in [0.1, 0.15) is 66.3 Å². The Hall–Kier alpha value is -7.43. The van der Waals surface area contributed by atoms with Crippen molar-refractivity contribution in [2.45, 2.75) is 59.3 Å². The lowest BCUT2D eigenvalue weighted by Gasteiger charge is -2.21. The SMILES string of the molecule is CCC(CC(C)c1ccc2c(c1)c1ccccc1n2-c1ccc(-c2ccc(-n3c4ccccc4c4ccccc43)cc2)cc1)c1ccc(-c2nccn2-c2c(C)cc(C)cc2C)cc1. The maximum absolute atomic E-state index is 4.82. The van der Waals surface area contributed by atoms with Crippen LogP contribution in [-0.2, 0) is 0 Å². The monoisotopic (exact) mass is 828 g/mol. The highest BCUT2D eigenvalue weighted by molar-refractivity contribution is 6.10. The number of hydrogen-bond acceptors (Lipinski definition) is 1. The smallest absolute Gasteiger partial charge is 0.144 e. The molecule has 11 aromatic rings. The first-order chi connectivity index (χ1) is 31.3. The molecule has 0 aliphatic heterocycles. The van der Waals surface area contributed by atoms with Crippen molar-refractivity contribution in [1.29, 1.82) is 0 Å². The van der Waals surface area contributed by atoms with Crippen LogP contribution in [0.4, 0.5) is 0 Å². The van der Waals surface area contributed by atoms with E-state index in [1.807, 2.05) is 6.20 Å². The molecule has 4 nitrogen and oxygen atoms in total. The second-order valence-electron chi connectivity index (χ2n) is 17.8. The van der Waals surface area contributed by atoms with Gasteiger partial charge in [0.15, 0.2) is 0 Å². The number of nitrogens with zero attached hydrogens (tertiary/aromatic N) is 4. The van der Waals surface area contributed by atoms with Gasteiger partial charge in [-0.1, -0.05) is 141 Å². The summed E-state index contributed by atoms with van der Waals surface area (Å²) >= 11 is 0. The zero-order valence-electron chi connectivity index (χ0n) is 37.3. The molecule has 0 N–H and O–H groups in total. The topological polar surface area (TPSA) is 27.7 Å². The van der Waals surface area contributed by atoms with Crippen LogP contribution in [0, 0.1) is 20.8 Å². The van der Waals surface area contributed by atoms with Gasteiger partial charge in [-0.2, -0.15) is 0 Å². The Morgan fingerprint density at radius 3 is 1.48 bits per heavy atom. The van der Waals surface area contributed by atoms with E-state index in [-0.39, 0.29) is 0 Å².